The number of nitrogens with two attached hydrogens (primary N) is 2. The van der Waals surface area contributed by atoms with Gasteiger partial charge < -0.3 is 11.6 Å². The molecule has 0 atom stereocenters. The third-order valence-electron chi connectivity index (χ3n) is 4.12. The zero-order valence-corrected chi connectivity index (χ0v) is 13.0. The third-order valence-corrected chi connectivity index (χ3v) is 4.12. The van der Waals surface area contributed by atoms with Gasteiger partial charge in [-0.3, -0.25) is 0 Å². The molecule has 5 heteroatoms. The number of rotatable bonds is 4. The second-order valence-electron chi connectivity index (χ2n) is 5.53. The first-order chi connectivity index (χ1) is 10.6. The Labute approximate surface area is 130 Å². The largest absolute Gasteiger partial charge is 0.337 e. The highest BCUT2D eigenvalue weighted by molar-refractivity contribution is 5.86. The summed E-state index contributed by atoms with van der Waals surface area (Å²) in [6.45, 7) is 4.72. The van der Waals surface area contributed by atoms with Crippen molar-refractivity contribution in [2.75, 3.05) is 12.4 Å². The minimum Gasteiger partial charge on any atom is -0.337 e. The van der Waals surface area contributed by atoms with Crippen molar-refractivity contribution >= 4 is 11.0 Å². The number of fused-ring (bicyclic) bond motifs is 1. The van der Waals surface area contributed by atoms with Gasteiger partial charge in [0.1, 0.15) is 0 Å². The summed E-state index contributed by atoms with van der Waals surface area (Å²) in [5, 5.41) is 1.06. The van der Waals surface area contributed by atoms with E-state index in [2.05, 4.69) is 6.92 Å². The van der Waals surface area contributed by atoms with Crippen LogP contribution in [0, 0.1) is 13.8 Å². The first kappa shape index (κ1) is 14.5. The Morgan fingerprint density at radius 3 is 2.50 bits per heavy atom. The maximum absolute atomic E-state index is 6.19. The van der Waals surface area contributed by atoms with Gasteiger partial charge >= 0.3 is 0 Å². The van der Waals surface area contributed by atoms with E-state index in [-0.39, 0.29) is 0 Å². The summed E-state index contributed by atoms with van der Waals surface area (Å²) in [7, 11) is 0. The zero-order chi connectivity index (χ0) is 15.7. The lowest BCUT2D eigenvalue weighted by Crippen LogP contribution is -2.11. The van der Waals surface area contributed by atoms with Crippen molar-refractivity contribution in [3.05, 3.63) is 47.3 Å². The van der Waals surface area contributed by atoms with Gasteiger partial charge in [0.05, 0.1) is 5.69 Å². The van der Waals surface area contributed by atoms with Gasteiger partial charge in [0.15, 0.2) is 11.5 Å². The number of nitrogens with zero attached hydrogens (tertiary/aromatic N) is 3. The minimum atomic E-state index is 0.646. The van der Waals surface area contributed by atoms with Gasteiger partial charge in [-0.2, -0.15) is 0 Å². The Bertz CT molecular complexity index is 805. The molecule has 0 aliphatic rings. The van der Waals surface area contributed by atoms with Crippen LogP contribution in [0.4, 0.5) is 0 Å². The van der Waals surface area contributed by atoms with E-state index >= 15 is 0 Å². The number of aryl methyl sites for hydroxylation is 2. The molecule has 2 aromatic heterocycles. The van der Waals surface area contributed by atoms with E-state index in [4.69, 9.17) is 21.5 Å². The van der Waals surface area contributed by atoms with E-state index in [1.54, 1.807) is 4.68 Å². The van der Waals surface area contributed by atoms with Gasteiger partial charge in [-0.25, -0.2) is 14.6 Å². The van der Waals surface area contributed by atoms with Crippen LogP contribution in [0.2, 0.25) is 0 Å². The quantitative estimate of drug-likeness (QED) is 0.724. The van der Waals surface area contributed by atoms with E-state index in [0.29, 0.717) is 12.4 Å². The average Bonchev–Trinajstić information content (AvgIpc) is 2.78. The van der Waals surface area contributed by atoms with E-state index in [1.807, 2.05) is 37.3 Å². The summed E-state index contributed by atoms with van der Waals surface area (Å²) in [5.41, 5.74) is 10.6. The molecule has 22 heavy (non-hydrogen) atoms. The van der Waals surface area contributed by atoms with Crippen molar-refractivity contribution in [2.45, 2.75) is 26.7 Å². The highest BCUT2D eigenvalue weighted by atomic mass is 15.3. The molecule has 0 aliphatic carbocycles. The highest BCUT2D eigenvalue weighted by Crippen LogP contribution is 2.28. The molecule has 3 aromatic rings. The molecule has 0 saturated heterocycles. The lowest BCUT2D eigenvalue weighted by molar-refractivity contribution is 0.814. The average molecular weight is 295 g/mol. The zero-order valence-electron chi connectivity index (χ0n) is 13.0. The fraction of sp³-hybridized carbons (Fsp3) is 0.294. The Hall–Kier alpha value is -2.40. The number of aromatic nitrogens is 3. The molecule has 0 saturated carbocycles. The van der Waals surface area contributed by atoms with E-state index in [1.165, 1.54) is 0 Å². The smallest absolute Gasteiger partial charge is 0.163 e. The van der Waals surface area contributed by atoms with Crippen molar-refractivity contribution in [3.8, 4) is 11.4 Å². The SMILES string of the molecule is Cc1c(C)n(N)c2nc(-c3ccccc3)nc(CCCN)c12. The lowest BCUT2D eigenvalue weighted by atomic mass is 10.1. The molecule has 0 unspecified atom stereocenters. The third kappa shape index (κ3) is 2.33. The maximum atomic E-state index is 6.19. The van der Waals surface area contributed by atoms with Crippen LogP contribution in [-0.4, -0.2) is 21.2 Å². The summed E-state index contributed by atoms with van der Waals surface area (Å²) < 4.78 is 1.66. The number of hydrogen-bond donors (Lipinski definition) is 2. The van der Waals surface area contributed by atoms with E-state index < -0.39 is 0 Å². The standard InChI is InChI=1S/C17H21N5/c1-11-12(2)22(19)17-15(11)14(9-6-10-18)20-16(21-17)13-7-4-3-5-8-13/h3-5,7-8H,6,9-10,18-19H2,1-2H3. The van der Waals surface area contributed by atoms with E-state index in [0.717, 1.165) is 46.4 Å². The molecule has 0 amide bonds. The van der Waals surface area contributed by atoms with Crippen LogP contribution in [0.1, 0.15) is 23.4 Å². The molecule has 0 fully saturated rings. The Morgan fingerprint density at radius 2 is 1.82 bits per heavy atom. The van der Waals surface area contributed by atoms with Crippen LogP contribution in [0.25, 0.3) is 22.4 Å². The first-order valence-electron chi connectivity index (χ1n) is 7.52. The van der Waals surface area contributed by atoms with Crippen LogP contribution >= 0.6 is 0 Å². The predicted molar refractivity (Wildman–Crippen MR) is 90.0 cm³/mol. The van der Waals surface area contributed by atoms with Gasteiger partial charge in [0.2, 0.25) is 0 Å². The Balaban J connectivity index is 2.26. The molecule has 0 bridgehead atoms. The van der Waals surface area contributed by atoms with Gasteiger partial charge in [0, 0.05) is 16.6 Å². The lowest BCUT2D eigenvalue weighted by Gasteiger charge is -2.07. The molecular formula is C17H21N5. The molecule has 4 N–H and O–H groups in total. The van der Waals surface area contributed by atoms with Gasteiger partial charge in [-0.1, -0.05) is 30.3 Å². The molecule has 0 spiro atoms. The second kappa shape index (κ2) is 5.77. The highest BCUT2D eigenvalue weighted by Gasteiger charge is 2.17. The van der Waals surface area contributed by atoms with Crippen LogP contribution in [0.5, 0.6) is 0 Å². The minimum absolute atomic E-state index is 0.646. The van der Waals surface area contributed by atoms with Crippen molar-refractivity contribution in [1.82, 2.24) is 14.6 Å². The summed E-state index contributed by atoms with van der Waals surface area (Å²) in [6, 6.07) is 9.98. The fourth-order valence-corrected chi connectivity index (χ4v) is 2.74. The van der Waals surface area contributed by atoms with Crippen LogP contribution in [0.15, 0.2) is 30.3 Å². The van der Waals surface area contributed by atoms with Crippen molar-refractivity contribution in [3.63, 3.8) is 0 Å². The summed E-state index contributed by atoms with van der Waals surface area (Å²) in [5.74, 6) is 6.90. The number of nitrogen functional groups attached to an aromatic ring is 1. The fourth-order valence-electron chi connectivity index (χ4n) is 2.74. The first-order valence-corrected chi connectivity index (χ1v) is 7.52. The monoisotopic (exact) mass is 295 g/mol. The van der Waals surface area contributed by atoms with Crippen molar-refractivity contribution in [1.29, 1.82) is 0 Å². The predicted octanol–water partition coefficient (Wildman–Crippen LogP) is 2.32. The molecule has 5 nitrogen and oxygen atoms in total. The van der Waals surface area contributed by atoms with Gasteiger partial charge in [0.25, 0.3) is 0 Å². The molecule has 0 radical (unpaired) electrons. The molecule has 2 heterocycles. The second-order valence-corrected chi connectivity index (χ2v) is 5.53. The molecule has 3 rings (SSSR count). The molecule has 0 aliphatic heterocycles. The number of hydrogen-bond acceptors (Lipinski definition) is 4. The normalized spacial score (nSPS) is 11.2. The van der Waals surface area contributed by atoms with Crippen LogP contribution in [-0.2, 0) is 6.42 Å². The molecule has 114 valence electrons. The van der Waals surface area contributed by atoms with E-state index in [9.17, 15) is 0 Å². The topological polar surface area (TPSA) is 82.8 Å². The Kier molecular flexibility index (Phi) is 3.81. The summed E-state index contributed by atoms with van der Waals surface area (Å²) in [6.07, 6.45) is 1.73. The Morgan fingerprint density at radius 1 is 1.09 bits per heavy atom. The molecular weight excluding hydrogens is 274 g/mol. The van der Waals surface area contributed by atoms with Crippen molar-refractivity contribution in [2.24, 2.45) is 5.73 Å². The van der Waals surface area contributed by atoms with Gasteiger partial charge in [-0.05, 0) is 38.8 Å². The van der Waals surface area contributed by atoms with Crippen LogP contribution < -0.4 is 11.6 Å². The number of benzene rings is 1. The maximum Gasteiger partial charge on any atom is 0.163 e. The van der Waals surface area contributed by atoms with Gasteiger partial charge in [-0.15, -0.1) is 0 Å². The van der Waals surface area contributed by atoms with Crippen LogP contribution in [0.3, 0.4) is 0 Å². The van der Waals surface area contributed by atoms with Crippen molar-refractivity contribution < 1.29 is 0 Å². The summed E-state index contributed by atoms with van der Waals surface area (Å²) in [4.78, 5) is 9.48. The molecule has 1 aromatic carbocycles. The summed E-state index contributed by atoms with van der Waals surface area (Å²) >= 11 is 0.